The predicted octanol–water partition coefficient (Wildman–Crippen LogP) is 3.90. The van der Waals surface area contributed by atoms with Gasteiger partial charge in [-0.2, -0.15) is 0 Å². The number of aromatic nitrogens is 3. The highest BCUT2D eigenvalue weighted by Crippen LogP contribution is 2.31. The molecule has 7 heteroatoms. The lowest BCUT2D eigenvalue weighted by Crippen LogP contribution is -2.39. The molecule has 1 saturated heterocycles. The number of nitrogens with one attached hydrogen (secondary N) is 1. The van der Waals surface area contributed by atoms with Crippen molar-refractivity contribution in [2.45, 2.75) is 19.8 Å². The van der Waals surface area contributed by atoms with Gasteiger partial charge in [0.2, 0.25) is 0 Å². The molecule has 29 heavy (non-hydrogen) atoms. The van der Waals surface area contributed by atoms with E-state index >= 15 is 0 Å². The van der Waals surface area contributed by atoms with Crippen molar-refractivity contribution in [1.29, 1.82) is 0 Å². The van der Waals surface area contributed by atoms with E-state index in [9.17, 15) is 4.79 Å². The lowest BCUT2D eigenvalue weighted by atomic mass is 9.97. The van der Waals surface area contributed by atoms with Crippen molar-refractivity contribution in [2.24, 2.45) is 5.92 Å². The van der Waals surface area contributed by atoms with E-state index in [1.165, 1.54) is 4.70 Å². The van der Waals surface area contributed by atoms with Gasteiger partial charge in [-0.25, -0.2) is 9.97 Å². The van der Waals surface area contributed by atoms with Crippen molar-refractivity contribution in [3.63, 3.8) is 0 Å². The first-order chi connectivity index (χ1) is 14.2. The van der Waals surface area contributed by atoms with Crippen LogP contribution in [0.2, 0.25) is 0 Å². The van der Waals surface area contributed by atoms with Gasteiger partial charge in [0.05, 0.1) is 15.9 Å². The molecule has 0 aliphatic carbocycles. The zero-order chi connectivity index (χ0) is 19.8. The maximum atomic E-state index is 12.8. The summed E-state index contributed by atoms with van der Waals surface area (Å²) < 4.78 is 3.10. The molecule has 1 aliphatic heterocycles. The van der Waals surface area contributed by atoms with Crippen molar-refractivity contribution >= 4 is 38.2 Å². The maximum Gasteiger partial charge on any atom is 0.270 e. The van der Waals surface area contributed by atoms with E-state index in [0.717, 1.165) is 47.9 Å². The Labute approximate surface area is 173 Å². The molecule has 0 radical (unpaired) electrons. The van der Waals surface area contributed by atoms with Gasteiger partial charge in [-0.05, 0) is 49.9 Å². The summed E-state index contributed by atoms with van der Waals surface area (Å²) in [7, 11) is 0. The second-order valence-electron chi connectivity index (χ2n) is 7.58. The number of aryl methyl sites for hydroxylation is 1. The van der Waals surface area contributed by atoms with Crippen LogP contribution in [0.25, 0.3) is 15.9 Å². The van der Waals surface area contributed by atoms with Crippen LogP contribution in [0.1, 0.15) is 29.0 Å². The third kappa shape index (κ3) is 3.46. The number of imidazole rings is 1. The van der Waals surface area contributed by atoms with Crippen LogP contribution in [0.4, 0.5) is 5.13 Å². The summed E-state index contributed by atoms with van der Waals surface area (Å²) in [5.41, 5.74) is 3.27. The summed E-state index contributed by atoms with van der Waals surface area (Å²) >= 11 is 1.76. The van der Waals surface area contributed by atoms with Crippen LogP contribution >= 0.6 is 11.3 Å². The molecular weight excluding hydrogens is 382 g/mol. The lowest BCUT2D eigenvalue weighted by Gasteiger charge is -2.31. The molecule has 0 bridgehead atoms. The molecule has 3 aromatic heterocycles. The standard InChI is InChI=1S/C22H23N5OS/c1-15-20(27-11-5-4-8-19(27)24-15)21(28)23-14-16-9-12-26(13-10-16)22-25-17-6-2-3-7-18(17)29-22/h2-8,11,16H,9-10,12-14H2,1H3,(H,23,28). The zero-order valence-electron chi connectivity index (χ0n) is 16.3. The Morgan fingerprint density at radius 3 is 2.76 bits per heavy atom. The summed E-state index contributed by atoms with van der Waals surface area (Å²) in [6.45, 7) is 4.55. The second kappa shape index (κ2) is 7.48. The van der Waals surface area contributed by atoms with Gasteiger partial charge in [0.1, 0.15) is 11.3 Å². The molecule has 5 rings (SSSR count). The van der Waals surface area contributed by atoms with Crippen molar-refractivity contribution in [3.8, 4) is 0 Å². The number of anilines is 1. The lowest BCUT2D eigenvalue weighted by molar-refractivity contribution is 0.0938. The smallest absolute Gasteiger partial charge is 0.270 e. The van der Waals surface area contributed by atoms with E-state index in [4.69, 9.17) is 4.98 Å². The van der Waals surface area contributed by atoms with Crippen LogP contribution in [0.15, 0.2) is 48.7 Å². The minimum atomic E-state index is -0.0465. The van der Waals surface area contributed by atoms with Crippen LogP contribution in [-0.2, 0) is 0 Å². The van der Waals surface area contributed by atoms with E-state index in [-0.39, 0.29) is 5.91 Å². The quantitative estimate of drug-likeness (QED) is 0.559. The molecule has 0 unspecified atom stereocenters. The SMILES string of the molecule is Cc1nc2ccccn2c1C(=O)NCC1CCN(c2nc3ccccc3s2)CC1. The van der Waals surface area contributed by atoms with E-state index in [1.807, 2.05) is 41.8 Å². The Balaban J connectivity index is 1.20. The first kappa shape index (κ1) is 18.1. The Morgan fingerprint density at radius 2 is 1.93 bits per heavy atom. The molecule has 1 amide bonds. The minimum Gasteiger partial charge on any atom is -0.350 e. The van der Waals surface area contributed by atoms with E-state index in [0.29, 0.717) is 18.2 Å². The summed E-state index contributed by atoms with van der Waals surface area (Å²) in [5, 5.41) is 4.24. The Morgan fingerprint density at radius 1 is 1.14 bits per heavy atom. The minimum absolute atomic E-state index is 0.0465. The van der Waals surface area contributed by atoms with Crippen molar-refractivity contribution < 1.29 is 4.79 Å². The van der Waals surface area contributed by atoms with Gasteiger partial charge in [-0.1, -0.05) is 29.5 Å². The first-order valence-corrected chi connectivity index (χ1v) is 10.8. The monoisotopic (exact) mass is 405 g/mol. The topological polar surface area (TPSA) is 62.5 Å². The van der Waals surface area contributed by atoms with Crippen molar-refractivity contribution in [2.75, 3.05) is 24.5 Å². The van der Waals surface area contributed by atoms with Gasteiger partial charge in [-0.3, -0.25) is 9.20 Å². The highest BCUT2D eigenvalue weighted by atomic mass is 32.1. The number of hydrogen-bond acceptors (Lipinski definition) is 5. The second-order valence-corrected chi connectivity index (χ2v) is 8.59. The Kier molecular flexibility index (Phi) is 4.67. The number of fused-ring (bicyclic) bond motifs is 2. The van der Waals surface area contributed by atoms with Gasteiger partial charge >= 0.3 is 0 Å². The normalized spacial score (nSPS) is 15.3. The van der Waals surface area contributed by atoms with E-state index in [2.05, 4.69) is 33.4 Å². The molecule has 0 saturated carbocycles. The van der Waals surface area contributed by atoms with Gasteiger partial charge in [0.15, 0.2) is 5.13 Å². The average Bonchev–Trinajstić information content (AvgIpc) is 3.32. The van der Waals surface area contributed by atoms with Crippen LogP contribution in [-0.4, -0.2) is 39.9 Å². The predicted molar refractivity (Wildman–Crippen MR) is 117 cm³/mol. The van der Waals surface area contributed by atoms with Gasteiger partial charge in [-0.15, -0.1) is 0 Å². The van der Waals surface area contributed by atoms with Gasteiger partial charge in [0, 0.05) is 25.8 Å². The fraction of sp³-hybridized carbons (Fsp3) is 0.318. The van der Waals surface area contributed by atoms with Crippen molar-refractivity contribution in [1.82, 2.24) is 19.7 Å². The molecule has 0 spiro atoms. The number of pyridine rings is 1. The molecule has 4 heterocycles. The average molecular weight is 406 g/mol. The number of carbonyl (C=O) groups excluding carboxylic acids is 1. The third-order valence-electron chi connectivity index (χ3n) is 5.64. The number of piperidine rings is 1. The number of amides is 1. The number of rotatable bonds is 4. The van der Waals surface area contributed by atoms with Crippen LogP contribution < -0.4 is 10.2 Å². The number of hydrogen-bond donors (Lipinski definition) is 1. The molecule has 148 valence electrons. The number of carbonyl (C=O) groups is 1. The maximum absolute atomic E-state index is 12.8. The van der Waals surface area contributed by atoms with Crippen LogP contribution in [0.3, 0.4) is 0 Å². The Hall–Kier alpha value is -2.93. The highest BCUT2D eigenvalue weighted by molar-refractivity contribution is 7.22. The van der Waals surface area contributed by atoms with Crippen molar-refractivity contribution in [3.05, 3.63) is 60.0 Å². The number of nitrogens with zero attached hydrogens (tertiary/aromatic N) is 4. The zero-order valence-corrected chi connectivity index (χ0v) is 17.2. The summed E-state index contributed by atoms with van der Waals surface area (Å²) in [6, 6.07) is 14.1. The summed E-state index contributed by atoms with van der Waals surface area (Å²) in [4.78, 5) is 24.4. The summed E-state index contributed by atoms with van der Waals surface area (Å²) in [5.74, 6) is 0.443. The Bertz CT molecular complexity index is 1140. The van der Waals surface area contributed by atoms with Gasteiger partial charge in [0.25, 0.3) is 5.91 Å². The molecule has 1 aromatic carbocycles. The van der Waals surface area contributed by atoms with Crippen LogP contribution in [0.5, 0.6) is 0 Å². The number of thiazole rings is 1. The molecule has 4 aromatic rings. The largest absolute Gasteiger partial charge is 0.350 e. The molecule has 0 atom stereocenters. The first-order valence-electron chi connectivity index (χ1n) is 10.0. The molecular formula is C22H23N5OS. The molecule has 6 nitrogen and oxygen atoms in total. The van der Waals surface area contributed by atoms with Gasteiger partial charge < -0.3 is 10.2 Å². The highest BCUT2D eigenvalue weighted by Gasteiger charge is 2.23. The molecule has 1 aliphatic rings. The van der Waals surface area contributed by atoms with E-state index < -0.39 is 0 Å². The fourth-order valence-electron chi connectivity index (χ4n) is 4.03. The summed E-state index contributed by atoms with van der Waals surface area (Å²) in [6.07, 6.45) is 4.01. The van der Waals surface area contributed by atoms with Crippen LogP contribution in [0, 0.1) is 12.8 Å². The van der Waals surface area contributed by atoms with E-state index in [1.54, 1.807) is 11.3 Å². The third-order valence-corrected chi connectivity index (χ3v) is 6.74. The molecule has 1 fully saturated rings. The molecule has 1 N–H and O–H groups in total. The number of benzene rings is 1. The number of para-hydroxylation sites is 1. The fourth-order valence-corrected chi connectivity index (χ4v) is 5.05.